The van der Waals surface area contributed by atoms with Gasteiger partial charge in [-0.05, 0) is 37.3 Å². The number of hydrogen-bond donors (Lipinski definition) is 1. The van der Waals surface area contributed by atoms with Crippen LogP contribution >= 0.6 is 11.6 Å². The molecule has 1 atom stereocenters. The molecule has 1 aromatic heterocycles. The van der Waals surface area contributed by atoms with Crippen LogP contribution < -0.4 is 5.32 Å². The first kappa shape index (κ1) is 20.2. The molecule has 8 nitrogen and oxygen atoms in total. The number of nitrogens with zero attached hydrogens (tertiary/aromatic N) is 2. The minimum Gasteiger partial charge on any atom is -0.449 e. The van der Waals surface area contributed by atoms with Gasteiger partial charge in [0.15, 0.2) is 6.10 Å². The second kappa shape index (κ2) is 8.24. The second-order valence-electron chi connectivity index (χ2n) is 6.17. The molecule has 1 aliphatic rings. The van der Waals surface area contributed by atoms with Gasteiger partial charge < -0.3 is 10.1 Å². The lowest BCUT2D eigenvalue weighted by molar-refractivity contribution is -0.123. The number of amides is 3. The van der Waals surface area contributed by atoms with Gasteiger partial charge in [0.05, 0.1) is 21.7 Å². The van der Waals surface area contributed by atoms with E-state index in [4.69, 9.17) is 16.3 Å². The molecule has 3 amide bonds. The first-order valence-electron chi connectivity index (χ1n) is 8.56. The Kier molecular flexibility index (Phi) is 5.74. The minimum absolute atomic E-state index is 0.0506. The molecule has 9 heteroatoms. The number of hydrogen-bond acceptors (Lipinski definition) is 6. The Bertz CT molecular complexity index is 1020. The fourth-order valence-electron chi connectivity index (χ4n) is 2.67. The second-order valence-corrected chi connectivity index (χ2v) is 6.60. The van der Waals surface area contributed by atoms with E-state index in [0.29, 0.717) is 5.02 Å². The zero-order chi connectivity index (χ0) is 21.1. The Labute approximate surface area is 171 Å². The molecule has 0 radical (unpaired) electrons. The summed E-state index contributed by atoms with van der Waals surface area (Å²) >= 11 is 5.74. The fraction of sp³-hybridized carbons (Fsp3) is 0.150. The maximum Gasteiger partial charge on any atom is 0.338 e. The van der Waals surface area contributed by atoms with Crippen LogP contribution in [-0.2, 0) is 9.53 Å². The molecule has 1 aliphatic heterocycles. The van der Waals surface area contributed by atoms with Crippen molar-refractivity contribution >= 4 is 41.1 Å². The highest BCUT2D eigenvalue weighted by Gasteiger charge is 2.35. The van der Waals surface area contributed by atoms with Crippen LogP contribution in [0.15, 0.2) is 49.2 Å². The quantitative estimate of drug-likeness (QED) is 0.443. The van der Waals surface area contributed by atoms with Gasteiger partial charge in [-0.3, -0.25) is 19.3 Å². The molecule has 1 aromatic carbocycles. The van der Waals surface area contributed by atoms with Crippen molar-refractivity contribution in [1.82, 2.24) is 9.88 Å². The number of nitrogens with one attached hydrogen (secondary N) is 1. The van der Waals surface area contributed by atoms with Crippen LogP contribution in [-0.4, -0.2) is 46.2 Å². The summed E-state index contributed by atoms with van der Waals surface area (Å²) in [6.07, 6.45) is 1.68. The summed E-state index contributed by atoms with van der Waals surface area (Å²) in [5.74, 6) is -2.10. The summed E-state index contributed by atoms with van der Waals surface area (Å²) in [6.45, 7) is 4.99. The number of rotatable bonds is 6. The van der Waals surface area contributed by atoms with E-state index in [1.54, 1.807) is 6.07 Å². The summed E-state index contributed by atoms with van der Waals surface area (Å²) < 4.78 is 5.16. The number of aromatic nitrogens is 1. The van der Waals surface area contributed by atoms with Crippen LogP contribution in [0.4, 0.5) is 5.82 Å². The number of halogens is 1. The van der Waals surface area contributed by atoms with E-state index in [1.807, 2.05) is 0 Å². The van der Waals surface area contributed by atoms with Crippen molar-refractivity contribution in [1.29, 1.82) is 0 Å². The van der Waals surface area contributed by atoms with Crippen molar-refractivity contribution in [2.45, 2.75) is 13.0 Å². The smallest absolute Gasteiger partial charge is 0.338 e. The summed E-state index contributed by atoms with van der Waals surface area (Å²) in [5.41, 5.74) is 0.358. The number of imide groups is 1. The molecule has 0 fully saturated rings. The Morgan fingerprint density at radius 1 is 1.24 bits per heavy atom. The fourth-order valence-corrected chi connectivity index (χ4v) is 2.78. The predicted molar refractivity (Wildman–Crippen MR) is 105 cm³/mol. The van der Waals surface area contributed by atoms with E-state index < -0.39 is 29.8 Å². The van der Waals surface area contributed by atoms with Gasteiger partial charge in [0.1, 0.15) is 5.82 Å². The van der Waals surface area contributed by atoms with Crippen molar-refractivity contribution in [3.63, 3.8) is 0 Å². The predicted octanol–water partition coefficient (Wildman–Crippen LogP) is 2.70. The largest absolute Gasteiger partial charge is 0.449 e. The summed E-state index contributed by atoms with van der Waals surface area (Å²) in [4.78, 5) is 54.1. The number of benzene rings is 1. The number of pyridine rings is 1. The van der Waals surface area contributed by atoms with Crippen LogP contribution in [0.5, 0.6) is 0 Å². The SMILES string of the molecule is C=CCN1C(=O)c2ccc(C(=O)O[C@H](C)C(=O)Nc3ccc(Cl)cn3)cc2C1=O. The van der Waals surface area contributed by atoms with Gasteiger partial charge in [-0.25, -0.2) is 9.78 Å². The average molecular weight is 414 g/mol. The Morgan fingerprint density at radius 2 is 1.97 bits per heavy atom. The Hall–Kier alpha value is -3.52. The number of fused-ring (bicyclic) bond motifs is 1. The molecule has 0 saturated carbocycles. The maximum absolute atomic E-state index is 12.4. The van der Waals surface area contributed by atoms with E-state index >= 15 is 0 Å². The molecule has 1 N–H and O–H groups in total. The molecule has 2 heterocycles. The van der Waals surface area contributed by atoms with Crippen molar-refractivity contribution in [3.05, 3.63) is 70.9 Å². The van der Waals surface area contributed by atoms with Gasteiger partial charge in [0.2, 0.25) is 0 Å². The number of carbonyl (C=O) groups excluding carboxylic acids is 4. The lowest BCUT2D eigenvalue weighted by atomic mass is 10.1. The molecule has 0 unspecified atom stereocenters. The molecular weight excluding hydrogens is 398 g/mol. The van der Waals surface area contributed by atoms with Crippen molar-refractivity contribution in [2.75, 3.05) is 11.9 Å². The minimum atomic E-state index is -1.12. The standard InChI is InChI=1S/C20H16ClN3O5/c1-3-8-24-18(26)14-6-4-12(9-15(14)19(24)27)20(28)29-11(2)17(25)23-16-7-5-13(21)10-22-16/h3-7,9-11H,1,8H2,2H3,(H,22,23,25)/t11-/m1/s1. The topological polar surface area (TPSA) is 106 Å². The van der Waals surface area contributed by atoms with E-state index in [-0.39, 0.29) is 29.1 Å². The summed E-state index contributed by atoms with van der Waals surface area (Å²) in [5, 5.41) is 2.91. The maximum atomic E-state index is 12.4. The van der Waals surface area contributed by atoms with Gasteiger partial charge in [-0.15, -0.1) is 6.58 Å². The summed E-state index contributed by atoms with van der Waals surface area (Å²) in [6, 6.07) is 7.10. The Morgan fingerprint density at radius 3 is 2.62 bits per heavy atom. The molecule has 2 aromatic rings. The first-order chi connectivity index (χ1) is 13.8. The van der Waals surface area contributed by atoms with E-state index in [2.05, 4.69) is 16.9 Å². The lowest BCUT2D eigenvalue weighted by Gasteiger charge is -2.13. The summed E-state index contributed by atoms with van der Waals surface area (Å²) in [7, 11) is 0. The molecule has 0 aliphatic carbocycles. The van der Waals surface area contributed by atoms with Crippen LogP contribution in [0.25, 0.3) is 0 Å². The van der Waals surface area contributed by atoms with Crippen LogP contribution in [0, 0.1) is 0 Å². The van der Waals surface area contributed by atoms with E-state index in [0.717, 1.165) is 4.90 Å². The highest BCUT2D eigenvalue weighted by molar-refractivity contribution is 6.30. The number of ether oxygens (including phenoxy) is 1. The molecule has 3 rings (SSSR count). The van der Waals surface area contributed by atoms with Crippen LogP contribution in [0.3, 0.4) is 0 Å². The zero-order valence-corrected chi connectivity index (χ0v) is 16.1. The van der Waals surface area contributed by atoms with Crippen molar-refractivity contribution < 1.29 is 23.9 Å². The number of esters is 1. The molecule has 29 heavy (non-hydrogen) atoms. The number of carbonyl (C=O) groups is 4. The molecule has 0 saturated heterocycles. The van der Waals surface area contributed by atoms with Crippen LogP contribution in [0.2, 0.25) is 5.02 Å². The van der Waals surface area contributed by atoms with Gasteiger partial charge in [0.25, 0.3) is 17.7 Å². The van der Waals surface area contributed by atoms with E-state index in [9.17, 15) is 19.2 Å². The molecular formula is C20H16ClN3O5. The molecule has 0 spiro atoms. The van der Waals surface area contributed by atoms with Gasteiger partial charge in [-0.1, -0.05) is 17.7 Å². The van der Waals surface area contributed by atoms with Crippen LogP contribution in [0.1, 0.15) is 38.0 Å². The third-order valence-electron chi connectivity index (χ3n) is 4.15. The molecule has 148 valence electrons. The normalized spacial score (nSPS) is 13.7. The monoisotopic (exact) mass is 413 g/mol. The highest BCUT2D eigenvalue weighted by atomic mass is 35.5. The van der Waals surface area contributed by atoms with Crippen molar-refractivity contribution in [3.8, 4) is 0 Å². The first-order valence-corrected chi connectivity index (χ1v) is 8.94. The van der Waals surface area contributed by atoms with Gasteiger partial charge >= 0.3 is 5.97 Å². The Balaban J connectivity index is 1.69. The average Bonchev–Trinajstić information content (AvgIpc) is 2.94. The number of anilines is 1. The van der Waals surface area contributed by atoms with E-state index in [1.165, 1.54) is 43.5 Å². The van der Waals surface area contributed by atoms with Gasteiger partial charge in [-0.2, -0.15) is 0 Å². The zero-order valence-electron chi connectivity index (χ0n) is 15.3. The highest BCUT2D eigenvalue weighted by Crippen LogP contribution is 2.24. The lowest BCUT2D eigenvalue weighted by Crippen LogP contribution is -2.30. The van der Waals surface area contributed by atoms with Crippen molar-refractivity contribution in [2.24, 2.45) is 0 Å². The molecule has 0 bridgehead atoms. The van der Waals surface area contributed by atoms with Gasteiger partial charge in [0, 0.05) is 12.7 Å². The third kappa shape index (κ3) is 4.17. The third-order valence-corrected chi connectivity index (χ3v) is 4.37.